The fraction of sp³-hybridized carbons (Fsp3) is 0.478. The molecule has 1 aromatic heterocycles. The van der Waals surface area contributed by atoms with E-state index in [-0.39, 0.29) is 24.4 Å². The number of carbonyl (C=O) groups is 2. The largest absolute Gasteiger partial charge is 0.383 e. The molecule has 0 radical (unpaired) electrons. The van der Waals surface area contributed by atoms with Crippen LogP contribution in [-0.2, 0) is 34.3 Å². The Morgan fingerprint density at radius 3 is 2.38 bits per heavy atom. The lowest BCUT2D eigenvalue weighted by Crippen LogP contribution is -2.46. The van der Waals surface area contributed by atoms with Gasteiger partial charge in [-0.1, -0.05) is 30.3 Å². The molecule has 1 aromatic carbocycles. The zero-order valence-electron chi connectivity index (χ0n) is 18.0. The average molecular weight is 400 g/mol. The van der Waals surface area contributed by atoms with E-state index >= 15 is 0 Å². The molecular formula is C23H33N3O3. The number of benzene rings is 1. The maximum absolute atomic E-state index is 13.0. The average Bonchev–Trinajstić information content (AvgIpc) is 3.12. The summed E-state index contributed by atoms with van der Waals surface area (Å²) in [6, 6.07) is 13.9. The third kappa shape index (κ3) is 7.06. The second kappa shape index (κ2) is 11.4. The van der Waals surface area contributed by atoms with E-state index in [1.165, 1.54) is 0 Å². The number of hydrogen-bond donors (Lipinski definition) is 0. The number of aryl methyl sites for hydroxylation is 2. The van der Waals surface area contributed by atoms with Gasteiger partial charge < -0.3 is 19.1 Å². The molecule has 0 aliphatic carbocycles. The number of amides is 2. The normalized spacial score (nSPS) is 10.9. The Kier molecular flexibility index (Phi) is 8.93. The Labute approximate surface area is 174 Å². The minimum Gasteiger partial charge on any atom is -0.383 e. The topological polar surface area (TPSA) is 54.8 Å². The fourth-order valence-electron chi connectivity index (χ4n) is 3.19. The van der Waals surface area contributed by atoms with E-state index in [1.807, 2.05) is 74.1 Å². The first-order valence-electron chi connectivity index (χ1n) is 10.1. The van der Waals surface area contributed by atoms with Crippen molar-refractivity contribution in [3.8, 4) is 0 Å². The molecule has 6 heteroatoms. The van der Waals surface area contributed by atoms with Crippen molar-refractivity contribution < 1.29 is 14.3 Å². The van der Waals surface area contributed by atoms with Gasteiger partial charge in [-0.3, -0.25) is 9.59 Å². The van der Waals surface area contributed by atoms with Gasteiger partial charge in [-0.15, -0.1) is 0 Å². The van der Waals surface area contributed by atoms with E-state index < -0.39 is 0 Å². The monoisotopic (exact) mass is 399 g/mol. The highest BCUT2D eigenvalue weighted by molar-refractivity contribution is 5.85. The van der Waals surface area contributed by atoms with Crippen molar-refractivity contribution in [1.82, 2.24) is 14.4 Å². The summed E-state index contributed by atoms with van der Waals surface area (Å²) in [5.41, 5.74) is 2.17. The summed E-state index contributed by atoms with van der Waals surface area (Å²) < 4.78 is 7.18. The minimum absolute atomic E-state index is 0.00256. The minimum atomic E-state index is -0.0648. The van der Waals surface area contributed by atoms with Crippen LogP contribution in [-0.4, -0.2) is 59.0 Å². The van der Waals surface area contributed by atoms with Crippen LogP contribution in [0.4, 0.5) is 0 Å². The van der Waals surface area contributed by atoms with Gasteiger partial charge in [0.05, 0.1) is 19.7 Å². The van der Waals surface area contributed by atoms with Crippen LogP contribution < -0.4 is 0 Å². The maximum Gasteiger partial charge on any atom is 0.242 e. The number of rotatable bonds is 11. The van der Waals surface area contributed by atoms with Crippen molar-refractivity contribution in [2.75, 3.05) is 26.8 Å². The van der Waals surface area contributed by atoms with Crippen LogP contribution in [0.2, 0.25) is 0 Å². The molecule has 0 N–H and O–H groups in total. The SMILES string of the molecule is COCCN(Cc1cccn1C)C(=O)CN(C(=O)CCc1ccccc1)C(C)C. The molecule has 0 aliphatic heterocycles. The third-order valence-electron chi connectivity index (χ3n) is 5.04. The first-order chi connectivity index (χ1) is 13.9. The summed E-state index contributed by atoms with van der Waals surface area (Å²) in [6.45, 7) is 5.43. The number of nitrogens with zero attached hydrogens (tertiary/aromatic N) is 3. The zero-order valence-corrected chi connectivity index (χ0v) is 18.0. The predicted molar refractivity (Wildman–Crippen MR) is 114 cm³/mol. The van der Waals surface area contributed by atoms with Crippen molar-refractivity contribution >= 4 is 11.8 Å². The van der Waals surface area contributed by atoms with Crippen LogP contribution >= 0.6 is 0 Å². The molecule has 0 unspecified atom stereocenters. The molecule has 0 saturated heterocycles. The van der Waals surface area contributed by atoms with E-state index in [4.69, 9.17) is 4.74 Å². The highest BCUT2D eigenvalue weighted by Crippen LogP contribution is 2.10. The van der Waals surface area contributed by atoms with Crippen molar-refractivity contribution in [3.63, 3.8) is 0 Å². The van der Waals surface area contributed by atoms with Crippen LogP contribution in [0.3, 0.4) is 0 Å². The lowest BCUT2D eigenvalue weighted by Gasteiger charge is -2.30. The van der Waals surface area contributed by atoms with Crippen LogP contribution in [0.5, 0.6) is 0 Å². The van der Waals surface area contributed by atoms with Crippen LogP contribution in [0.1, 0.15) is 31.5 Å². The maximum atomic E-state index is 13.0. The Morgan fingerprint density at radius 1 is 1.07 bits per heavy atom. The Balaban J connectivity index is 2.02. The number of ether oxygens (including phenoxy) is 1. The van der Waals surface area contributed by atoms with Crippen molar-refractivity contribution in [3.05, 3.63) is 59.9 Å². The van der Waals surface area contributed by atoms with Gasteiger partial charge in [-0.25, -0.2) is 0 Å². The number of hydrogen-bond acceptors (Lipinski definition) is 3. The lowest BCUT2D eigenvalue weighted by molar-refractivity contribution is -0.142. The molecule has 6 nitrogen and oxygen atoms in total. The van der Waals surface area contributed by atoms with E-state index in [0.29, 0.717) is 32.5 Å². The van der Waals surface area contributed by atoms with E-state index in [2.05, 4.69) is 0 Å². The molecule has 29 heavy (non-hydrogen) atoms. The van der Waals surface area contributed by atoms with Crippen LogP contribution in [0, 0.1) is 0 Å². The Bertz CT molecular complexity index is 771. The van der Waals surface area contributed by atoms with Crippen LogP contribution in [0.25, 0.3) is 0 Å². The van der Waals surface area contributed by atoms with Crippen LogP contribution in [0.15, 0.2) is 48.7 Å². The van der Waals surface area contributed by atoms with E-state index in [0.717, 1.165) is 11.3 Å². The molecule has 158 valence electrons. The van der Waals surface area contributed by atoms with Gasteiger partial charge in [0.25, 0.3) is 0 Å². The second-order valence-electron chi connectivity index (χ2n) is 7.52. The van der Waals surface area contributed by atoms with Gasteiger partial charge in [0, 0.05) is 45.1 Å². The summed E-state index contributed by atoms with van der Waals surface area (Å²) in [4.78, 5) is 29.3. The number of methoxy groups -OCH3 is 1. The summed E-state index contributed by atoms with van der Waals surface area (Å²) >= 11 is 0. The van der Waals surface area contributed by atoms with E-state index in [1.54, 1.807) is 16.9 Å². The zero-order chi connectivity index (χ0) is 21.2. The van der Waals surface area contributed by atoms with Gasteiger partial charge in [-0.2, -0.15) is 0 Å². The molecule has 0 bridgehead atoms. The molecular weight excluding hydrogens is 366 g/mol. The molecule has 0 aliphatic rings. The number of aromatic nitrogens is 1. The molecule has 2 aromatic rings. The van der Waals surface area contributed by atoms with Gasteiger partial charge >= 0.3 is 0 Å². The first-order valence-corrected chi connectivity index (χ1v) is 10.1. The summed E-state index contributed by atoms with van der Waals surface area (Å²) in [7, 11) is 3.58. The predicted octanol–water partition coefficient (Wildman–Crippen LogP) is 2.87. The second-order valence-corrected chi connectivity index (χ2v) is 7.52. The molecule has 0 spiro atoms. The lowest BCUT2D eigenvalue weighted by atomic mass is 10.1. The molecule has 2 amide bonds. The van der Waals surface area contributed by atoms with Gasteiger partial charge in [0.2, 0.25) is 11.8 Å². The van der Waals surface area contributed by atoms with Crippen molar-refractivity contribution in [1.29, 1.82) is 0 Å². The third-order valence-corrected chi connectivity index (χ3v) is 5.04. The van der Waals surface area contributed by atoms with Crippen molar-refractivity contribution in [2.24, 2.45) is 7.05 Å². The Morgan fingerprint density at radius 2 is 1.79 bits per heavy atom. The molecule has 0 saturated carbocycles. The molecule has 0 atom stereocenters. The summed E-state index contributed by atoms with van der Waals surface area (Å²) in [5.74, 6) is -0.0622. The van der Waals surface area contributed by atoms with Gasteiger partial charge in [0.1, 0.15) is 0 Å². The highest BCUT2D eigenvalue weighted by Gasteiger charge is 2.23. The van der Waals surface area contributed by atoms with Gasteiger partial charge in [-0.05, 0) is 38.0 Å². The molecule has 1 heterocycles. The van der Waals surface area contributed by atoms with E-state index in [9.17, 15) is 9.59 Å². The summed E-state index contributed by atoms with van der Waals surface area (Å²) in [6.07, 6.45) is 3.03. The molecule has 2 rings (SSSR count). The van der Waals surface area contributed by atoms with Gasteiger partial charge in [0.15, 0.2) is 0 Å². The quantitative estimate of drug-likeness (QED) is 0.584. The molecule has 0 fully saturated rings. The fourth-order valence-corrected chi connectivity index (χ4v) is 3.19. The number of carbonyl (C=O) groups excluding carboxylic acids is 2. The first kappa shape index (κ1) is 22.7. The highest BCUT2D eigenvalue weighted by atomic mass is 16.5. The van der Waals surface area contributed by atoms with Crippen molar-refractivity contribution in [2.45, 2.75) is 39.3 Å². The summed E-state index contributed by atoms with van der Waals surface area (Å²) in [5, 5.41) is 0. The standard InChI is InChI=1S/C23H33N3O3/c1-19(2)26(22(27)13-12-20-9-6-5-7-10-20)18-23(28)25(15-16-29-4)17-21-11-8-14-24(21)3/h5-11,14,19H,12-13,15-18H2,1-4H3. The smallest absolute Gasteiger partial charge is 0.242 e. The Hall–Kier alpha value is -2.60.